The minimum atomic E-state index is 0.253. The second kappa shape index (κ2) is 3.44. The van der Waals surface area contributed by atoms with E-state index in [1.807, 2.05) is 32.0 Å². The third kappa shape index (κ3) is 1.74. The molecule has 2 nitrogen and oxygen atoms in total. The lowest BCUT2D eigenvalue weighted by atomic mass is 10.1. The fourth-order valence-corrected chi connectivity index (χ4v) is 1.15. The van der Waals surface area contributed by atoms with Gasteiger partial charge in [-0.25, -0.2) is 0 Å². The average Bonchev–Trinajstić information content (AvgIpc) is 1.99. The summed E-state index contributed by atoms with van der Waals surface area (Å²) < 4.78 is 13.8. The van der Waals surface area contributed by atoms with Gasteiger partial charge in [0.05, 0.1) is 5.69 Å². The highest BCUT2D eigenvalue weighted by atomic mass is 32.1. The van der Waals surface area contributed by atoms with Gasteiger partial charge in [-0.3, -0.25) is 0 Å². The summed E-state index contributed by atoms with van der Waals surface area (Å²) in [5, 5.41) is 0. The van der Waals surface area contributed by atoms with Crippen LogP contribution in [0, 0.1) is 13.8 Å². The first-order chi connectivity index (χ1) is 5.25. The molecule has 0 aliphatic heterocycles. The molecule has 0 radical (unpaired) electrons. The van der Waals surface area contributed by atoms with E-state index < -0.39 is 0 Å². The molecule has 11 heavy (non-hydrogen) atoms. The first-order valence-electron chi connectivity index (χ1n) is 3.32. The van der Waals surface area contributed by atoms with Crippen LogP contribution in [0.2, 0.25) is 0 Å². The van der Waals surface area contributed by atoms with Crippen molar-refractivity contribution in [2.24, 2.45) is 4.36 Å². The number of aryl methyl sites for hydroxylation is 1. The average molecular weight is 167 g/mol. The molecule has 0 atom stereocenters. The van der Waals surface area contributed by atoms with Gasteiger partial charge in [0.2, 0.25) is 11.5 Å². The molecular weight excluding hydrogens is 158 g/mol. The van der Waals surface area contributed by atoms with Crippen LogP contribution in [0.5, 0.6) is 0 Å². The highest BCUT2D eigenvalue weighted by molar-refractivity contribution is 7.54. The van der Waals surface area contributed by atoms with Crippen molar-refractivity contribution in [1.29, 1.82) is 0 Å². The third-order valence-electron chi connectivity index (χ3n) is 1.71. The number of hydrogen-bond donors (Lipinski definition) is 0. The highest BCUT2D eigenvalue weighted by Gasteiger charge is 1.96. The van der Waals surface area contributed by atoms with E-state index in [4.69, 9.17) is 0 Å². The molecule has 0 unspecified atom stereocenters. The predicted molar refractivity (Wildman–Crippen MR) is 46.1 cm³/mol. The first kappa shape index (κ1) is 8.14. The molecule has 3 heteroatoms. The molecule has 0 fully saturated rings. The second-order valence-corrected chi connectivity index (χ2v) is 2.72. The molecular formula is C8H9NOS. The Morgan fingerprint density at radius 2 is 2.09 bits per heavy atom. The molecule has 0 bridgehead atoms. The minimum Gasteiger partial charge on any atom is -0.191 e. The smallest absolute Gasteiger partial charge is 0.191 e. The molecule has 1 rings (SSSR count). The maximum Gasteiger partial charge on any atom is 0.205 e. The summed E-state index contributed by atoms with van der Waals surface area (Å²) >= 11 is 0.253. The Balaban J connectivity index is 3.26. The third-order valence-corrected chi connectivity index (χ3v) is 1.98. The molecule has 0 amide bonds. The zero-order valence-corrected chi connectivity index (χ0v) is 7.31. The minimum absolute atomic E-state index is 0.253. The topological polar surface area (TPSA) is 29.4 Å². The maximum absolute atomic E-state index is 10.1. The molecule has 58 valence electrons. The standard InChI is InChI=1S/C8H9NOS/c1-6-4-3-5-8(7(6)2)9-11-10/h3-5H,1-2H3. The predicted octanol–water partition coefficient (Wildman–Crippen LogP) is 2.33. The normalized spacial score (nSPS) is 9.27. The lowest BCUT2D eigenvalue weighted by Gasteiger charge is -1.99. The highest BCUT2D eigenvalue weighted by Crippen LogP contribution is 2.20. The molecule has 0 heterocycles. The summed E-state index contributed by atoms with van der Waals surface area (Å²) in [6.07, 6.45) is 0. The monoisotopic (exact) mass is 167 g/mol. The van der Waals surface area contributed by atoms with E-state index in [0.717, 1.165) is 11.3 Å². The van der Waals surface area contributed by atoms with E-state index in [0.29, 0.717) is 0 Å². The fourth-order valence-electron chi connectivity index (χ4n) is 0.875. The van der Waals surface area contributed by atoms with Crippen LogP contribution < -0.4 is 0 Å². The summed E-state index contributed by atoms with van der Waals surface area (Å²) in [7, 11) is 0. The number of hydrogen-bond acceptors (Lipinski definition) is 2. The number of nitrogens with zero attached hydrogens (tertiary/aromatic N) is 1. The van der Waals surface area contributed by atoms with Crippen LogP contribution in [-0.2, 0) is 11.5 Å². The Kier molecular flexibility index (Phi) is 2.54. The largest absolute Gasteiger partial charge is 0.205 e. The Bertz CT molecular complexity index is 316. The molecule has 1 aromatic carbocycles. The number of benzene rings is 1. The lowest BCUT2D eigenvalue weighted by molar-refractivity contribution is 0.698. The first-order valence-corrected chi connectivity index (χ1v) is 4.02. The summed E-state index contributed by atoms with van der Waals surface area (Å²) in [6, 6.07) is 5.74. The Labute approximate surface area is 69.5 Å². The SMILES string of the molecule is Cc1cccc(N=S=O)c1C. The zero-order valence-electron chi connectivity index (χ0n) is 6.50. The molecule has 1 aromatic rings. The van der Waals surface area contributed by atoms with Crippen molar-refractivity contribution in [3.05, 3.63) is 29.3 Å². The van der Waals surface area contributed by atoms with Gasteiger partial charge >= 0.3 is 0 Å². The van der Waals surface area contributed by atoms with Gasteiger partial charge in [0, 0.05) is 0 Å². The van der Waals surface area contributed by atoms with Crippen molar-refractivity contribution in [3.63, 3.8) is 0 Å². The molecule has 0 spiro atoms. The maximum atomic E-state index is 10.1. The van der Waals surface area contributed by atoms with Gasteiger partial charge < -0.3 is 0 Å². The van der Waals surface area contributed by atoms with E-state index in [-0.39, 0.29) is 11.5 Å². The summed E-state index contributed by atoms with van der Waals surface area (Å²) in [6.45, 7) is 3.97. The molecule has 0 N–H and O–H groups in total. The van der Waals surface area contributed by atoms with Crippen molar-refractivity contribution in [2.45, 2.75) is 13.8 Å². The van der Waals surface area contributed by atoms with E-state index >= 15 is 0 Å². The lowest BCUT2D eigenvalue weighted by Crippen LogP contribution is -1.78. The van der Waals surface area contributed by atoms with Gasteiger partial charge in [0.25, 0.3) is 0 Å². The second-order valence-electron chi connectivity index (χ2n) is 2.38. The summed E-state index contributed by atoms with van der Waals surface area (Å²) in [5.74, 6) is 0. The van der Waals surface area contributed by atoms with E-state index in [9.17, 15) is 4.21 Å². The van der Waals surface area contributed by atoms with Gasteiger partial charge in [-0.05, 0) is 31.0 Å². The van der Waals surface area contributed by atoms with Crippen LogP contribution in [0.4, 0.5) is 5.69 Å². The van der Waals surface area contributed by atoms with E-state index in [1.165, 1.54) is 5.56 Å². The van der Waals surface area contributed by atoms with Crippen LogP contribution in [0.15, 0.2) is 22.6 Å². The molecule has 0 saturated carbocycles. The van der Waals surface area contributed by atoms with Crippen LogP contribution in [-0.4, -0.2) is 4.21 Å². The Morgan fingerprint density at radius 1 is 1.36 bits per heavy atom. The molecule has 0 aliphatic carbocycles. The van der Waals surface area contributed by atoms with Gasteiger partial charge in [-0.1, -0.05) is 12.1 Å². The van der Waals surface area contributed by atoms with E-state index in [2.05, 4.69) is 4.36 Å². The van der Waals surface area contributed by atoms with Gasteiger partial charge in [0.1, 0.15) is 0 Å². The number of rotatable bonds is 1. The van der Waals surface area contributed by atoms with Crippen molar-refractivity contribution in [1.82, 2.24) is 0 Å². The zero-order chi connectivity index (χ0) is 8.27. The van der Waals surface area contributed by atoms with Crippen molar-refractivity contribution < 1.29 is 4.21 Å². The van der Waals surface area contributed by atoms with Gasteiger partial charge in [0.15, 0.2) is 0 Å². The quantitative estimate of drug-likeness (QED) is 0.631. The molecule has 0 aliphatic rings. The van der Waals surface area contributed by atoms with Crippen molar-refractivity contribution >= 4 is 17.2 Å². The summed E-state index contributed by atoms with van der Waals surface area (Å²) in [4.78, 5) is 0. The molecule has 0 saturated heterocycles. The molecule has 0 aromatic heterocycles. The Morgan fingerprint density at radius 3 is 2.73 bits per heavy atom. The Hall–Kier alpha value is -0.960. The van der Waals surface area contributed by atoms with Crippen molar-refractivity contribution in [3.8, 4) is 0 Å². The van der Waals surface area contributed by atoms with Gasteiger partial charge in [-0.15, -0.1) is 0 Å². The fraction of sp³-hybridized carbons (Fsp3) is 0.250. The van der Waals surface area contributed by atoms with Gasteiger partial charge in [-0.2, -0.15) is 8.57 Å². The van der Waals surface area contributed by atoms with Crippen molar-refractivity contribution in [2.75, 3.05) is 0 Å². The van der Waals surface area contributed by atoms with Crippen LogP contribution >= 0.6 is 0 Å². The van der Waals surface area contributed by atoms with Crippen LogP contribution in [0.25, 0.3) is 0 Å². The van der Waals surface area contributed by atoms with Crippen LogP contribution in [0.3, 0.4) is 0 Å². The van der Waals surface area contributed by atoms with Crippen LogP contribution in [0.1, 0.15) is 11.1 Å². The summed E-state index contributed by atoms with van der Waals surface area (Å²) in [5.41, 5.74) is 3.03. The van der Waals surface area contributed by atoms with E-state index in [1.54, 1.807) is 0 Å².